The summed E-state index contributed by atoms with van der Waals surface area (Å²) in [6, 6.07) is 18.3. The fourth-order valence-corrected chi connectivity index (χ4v) is 2.98. The van der Waals surface area contributed by atoms with Crippen LogP contribution in [0.1, 0.15) is 10.4 Å². The average molecular weight is 403 g/mol. The molecule has 3 aromatic rings. The number of benzene rings is 2. The number of hydrogen-bond acceptors (Lipinski definition) is 4. The number of azo groups is 1. The van der Waals surface area contributed by atoms with Gasteiger partial charge < -0.3 is 22.3 Å². The smallest absolute Gasteiger partial charge is 0.408 e. The predicted molar refractivity (Wildman–Crippen MR) is 94.6 cm³/mol. The van der Waals surface area contributed by atoms with E-state index in [0.29, 0.717) is 0 Å². The second-order valence-corrected chi connectivity index (χ2v) is 6.53. The molecule has 24 heavy (non-hydrogen) atoms. The van der Waals surface area contributed by atoms with Gasteiger partial charge >= 0.3 is 5.13 Å². The summed E-state index contributed by atoms with van der Waals surface area (Å²) in [5.41, 5.74) is 3.18. The summed E-state index contributed by atoms with van der Waals surface area (Å²) in [5.74, 6) is 0. The topological polar surface area (TPSA) is 40.6 Å². The number of rotatable bonds is 5. The quantitative estimate of drug-likeness (QED) is 0.513. The van der Waals surface area contributed by atoms with Crippen molar-refractivity contribution in [3.05, 3.63) is 71.2 Å². The van der Waals surface area contributed by atoms with Crippen LogP contribution in [0.25, 0.3) is 0 Å². The minimum Gasteiger partial charge on any atom is -1.00 e. The predicted octanol–water partition coefficient (Wildman–Crippen LogP) is 1.91. The van der Waals surface area contributed by atoms with Crippen molar-refractivity contribution in [1.29, 1.82) is 0 Å². The Hall–Kier alpha value is -2.05. The average Bonchev–Trinajstić information content (AvgIpc) is 2.90. The molecule has 0 aliphatic carbocycles. The molecule has 2 aromatic carbocycles. The highest BCUT2D eigenvalue weighted by molar-refractivity contribution is 7.14. The third kappa shape index (κ3) is 4.97. The van der Waals surface area contributed by atoms with E-state index in [0.717, 1.165) is 23.1 Å². The van der Waals surface area contributed by atoms with Gasteiger partial charge in [-0.2, -0.15) is 0 Å². The van der Waals surface area contributed by atoms with E-state index in [2.05, 4.69) is 40.8 Å². The molecule has 0 aliphatic heterocycles. The van der Waals surface area contributed by atoms with Gasteiger partial charge in [0, 0.05) is 17.1 Å². The van der Waals surface area contributed by atoms with Crippen molar-refractivity contribution in [3.63, 3.8) is 0 Å². The van der Waals surface area contributed by atoms with Gasteiger partial charge in [-0.15, -0.1) is 0 Å². The van der Waals surface area contributed by atoms with Gasteiger partial charge in [-0.3, -0.25) is 0 Å². The molecular formula is C18H19BrN4S. The van der Waals surface area contributed by atoms with Crippen molar-refractivity contribution >= 4 is 27.8 Å². The van der Waals surface area contributed by atoms with Gasteiger partial charge in [-0.05, 0) is 53.2 Å². The molecule has 1 N–H and O–H groups in total. The molecule has 0 amide bonds. The highest BCUT2D eigenvalue weighted by Gasteiger charge is 2.10. The fourth-order valence-electron chi connectivity index (χ4n) is 2.21. The number of nitrogens with zero attached hydrogens (tertiary/aromatic N) is 3. The molecule has 6 heteroatoms. The summed E-state index contributed by atoms with van der Waals surface area (Å²) in [7, 11) is 1.98. The largest absolute Gasteiger partial charge is 1.00 e. The summed E-state index contributed by atoms with van der Waals surface area (Å²) in [4.78, 5) is 1.22. The van der Waals surface area contributed by atoms with Crippen LogP contribution in [0.5, 0.6) is 0 Å². The molecule has 0 atom stereocenters. The van der Waals surface area contributed by atoms with Crippen LogP contribution < -0.4 is 26.9 Å². The van der Waals surface area contributed by atoms with Crippen LogP contribution in [0, 0.1) is 6.92 Å². The Bertz CT molecular complexity index is 798. The van der Waals surface area contributed by atoms with Gasteiger partial charge in [0.1, 0.15) is 11.9 Å². The van der Waals surface area contributed by atoms with E-state index < -0.39 is 0 Å². The molecule has 0 spiro atoms. The standard InChI is InChI=1S/C18H18N4S.BrH/c1-14-13-22(2)18(23-14)21-20-17-10-8-16(9-11-17)19-12-15-6-4-3-5-7-15;/h3-11,13H,12H2,1-2H3;1H. The maximum absolute atomic E-state index is 4.31. The normalized spacial score (nSPS) is 10.6. The SMILES string of the molecule is Cc1c[n+](C)c(/N=N/c2ccc(NCc3ccccc3)cc2)s1.[Br-]. The van der Waals surface area contributed by atoms with E-state index in [1.807, 2.05) is 54.1 Å². The Morgan fingerprint density at radius 2 is 1.71 bits per heavy atom. The number of thiazole rings is 1. The Labute approximate surface area is 156 Å². The zero-order valence-corrected chi connectivity index (χ0v) is 16.0. The van der Waals surface area contributed by atoms with E-state index in [1.165, 1.54) is 10.4 Å². The molecule has 0 unspecified atom stereocenters. The lowest BCUT2D eigenvalue weighted by molar-refractivity contribution is -0.654. The van der Waals surface area contributed by atoms with Crippen molar-refractivity contribution in [2.75, 3.05) is 5.32 Å². The van der Waals surface area contributed by atoms with E-state index in [4.69, 9.17) is 0 Å². The lowest BCUT2D eigenvalue weighted by atomic mass is 10.2. The third-order valence-electron chi connectivity index (χ3n) is 3.39. The van der Waals surface area contributed by atoms with Crippen molar-refractivity contribution in [3.8, 4) is 0 Å². The highest BCUT2D eigenvalue weighted by atomic mass is 79.9. The number of aromatic nitrogens is 1. The molecule has 0 bridgehead atoms. The molecule has 0 fully saturated rings. The summed E-state index contributed by atoms with van der Waals surface area (Å²) in [6.45, 7) is 2.88. The molecular weight excluding hydrogens is 384 g/mol. The molecule has 0 radical (unpaired) electrons. The van der Waals surface area contributed by atoms with Crippen LogP contribution in [0.3, 0.4) is 0 Å². The van der Waals surface area contributed by atoms with E-state index >= 15 is 0 Å². The minimum atomic E-state index is 0. The van der Waals surface area contributed by atoms with Crippen LogP contribution >= 0.6 is 11.3 Å². The zero-order chi connectivity index (χ0) is 16.1. The molecule has 0 saturated carbocycles. The lowest BCUT2D eigenvalue weighted by Crippen LogP contribution is -3.00. The molecule has 1 heterocycles. The highest BCUT2D eigenvalue weighted by Crippen LogP contribution is 2.22. The summed E-state index contributed by atoms with van der Waals surface area (Å²) in [5, 5.41) is 12.9. The van der Waals surface area contributed by atoms with Crippen LogP contribution in [0.15, 0.2) is 71.0 Å². The van der Waals surface area contributed by atoms with E-state index in [9.17, 15) is 0 Å². The van der Waals surface area contributed by atoms with Crippen molar-refractivity contribution in [2.45, 2.75) is 13.5 Å². The molecule has 3 rings (SSSR count). The minimum absolute atomic E-state index is 0. The first-order valence-electron chi connectivity index (χ1n) is 7.46. The summed E-state index contributed by atoms with van der Waals surface area (Å²) in [6.07, 6.45) is 2.05. The maximum Gasteiger partial charge on any atom is 0.408 e. The van der Waals surface area contributed by atoms with Gasteiger partial charge in [0.15, 0.2) is 0 Å². The van der Waals surface area contributed by atoms with Gasteiger partial charge in [0.05, 0.1) is 12.2 Å². The molecule has 1 aromatic heterocycles. The number of hydrogen-bond donors (Lipinski definition) is 1. The van der Waals surface area contributed by atoms with Crippen LogP contribution in [-0.4, -0.2) is 0 Å². The lowest BCUT2D eigenvalue weighted by Gasteiger charge is -2.05. The molecule has 0 aliphatic rings. The van der Waals surface area contributed by atoms with Gasteiger partial charge in [0.25, 0.3) is 0 Å². The second kappa shape index (κ2) is 8.70. The molecule has 4 nitrogen and oxygen atoms in total. The second-order valence-electron chi connectivity index (χ2n) is 5.32. The van der Waals surface area contributed by atoms with E-state index in [-0.39, 0.29) is 17.0 Å². The zero-order valence-electron chi connectivity index (χ0n) is 13.6. The Morgan fingerprint density at radius 1 is 1.00 bits per heavy atom. The summed E-state index contributed by atoms with van der Waals surface area (Å²) >= 11 is 1.63. The van der Waals surface area contributed by atoms with Crippen LogP contribution in [0.2, 0.25) is 0 Å². The van der Waals surface area contributed by atoms with Gasteiger partial charge in [-0.1, -0.05) is 30.3 Å². The number of halogens is 1. The number of anilines is 1. The number of nitrogens with one attached hydrogen (secondary N) is 1. The maximum atomic E-state index is 4.31. The first kappa shape index (κ1) is 18.3. The monoisotopic (exact) mass is 402 g/mol. The third-order valence-corrected chi connectivity index (χ3v) is 4.37. The van der Waals surface area contributed by atoms with Crippen molar-refractivity contribution < 1.29 is 21.5 Å². The van der Waals surface area contributed by atoms with Crippen molar-refractivity contribution in [1.82, 2.24) is 0 Å². The van der Waals surface area contributed by atoms with Gasteiger partial charge in [0.2, 0.25) is 0 Å². The van der Waals surface area contributed by atoms with E-state index in [1.54, 1.807) is 11.3 Å². The number of aryl methyl sites for hydroxylation is 2. The fraction of sp³-hybridized carbons (Fsp3) is 0.167. The van der Waals surface area contributed by atoms with Gasteiger partial charge in [-0.25, -0.2) is 4.57 Å². The Kier molecular flexibility index (Phi) is 6.63. The molecule has 124 valence electrons. The van der Waals surface area contributed by atoms with Crippen LogP contribution in [-0.2, 0) is 13.6 Å². The Balaban J connectivity index is 0.00000208. The molecule has 0 saturated heterocycles. The summed E-state index contributed by atoms with van der Waals surface area (Å²) < 4.78 is 1.99. The Morgan fingerprint density at radius 3 is 2.33 bits per heavy atom. The first-order chi connectivity index (χ1) is 11.2. The van der Waals surface area contributed by atoms with Crippen molar-refractivity contribution in [2.24, 2.45) is 17.3 Å². The first-order valence-corrected chi connectivity index (χ1v) is 8.28. The van der Waals surface area contributed by atoms with Crippen LogP contribution in [0.4, 0.5) is 16.5 Å².